The van der Waals surface area contributed by atoms with Crippen LogP contribution >= 0.6 is 0 Å². The Labute approximate surface area is 352 Å². The van der Waals surface area contributed by atoms with Crippen molar-refractivity contribution in [2.24, 2.45) is 0 Å². The number of methoxy groups -OCH3 is 4. The summed E-state index contributed by atoms with van der Waals surface area (Å²) in [5.74, 6) is 2.74. The summed E-state index contributed by atoms with van der Waals surface area (Å²) >= 11 is 0. The number of hydrogen-bond acceptors (Lipinski definition) is 12. The monoisotopic (exact) mass is 820 g/mol. The van der Waals surface area contributed by atoms with Crippen LogP contribution in [0.25, 0.3) is 0 Å². The van der Waals surface area contributed by atoms with E-state index in [1.54, 1.807) is 52.7 Å². The minimum Gasteiger partial charge on any atom is -0.504 e. The zero-order chi connectivity index (χ0) is 39.9. The van der Waals surface area contributed by atoms with E-state index < -0.39 is 0 Å². The first kappa shape index (κ1) is 45.5. The van der Waals surface area contributed by atoms with Crippen molar-refractivity contribution in [2.45, 2.75) is 102 Å². The van der Waals surface area contributed by atoms with Crippen LogP contribution in [-0.4, -0.2) is 73.0 Å². The summed E-state index contributed by atoms with van der Waals surface area (Å²) in [5.41, 5.74) is 3.31. The van der Waals surface area contributed by atoms with Crippen molar-refractivity contribution in [1.82, 2.24) is 21.3 Å². The van der Waals surface area contributed by atoms with Gasteiger partial charge in [-0.25, -0.2) is 0 Å². The Hall–Kier alpha value is -4.17. The number of aromatic hydroxyl groups is 4. The van der Waals surface area contributed by atoms with Crippen molar-refractivity contribution < 1.29 is 61.1 Å². The Bertz CT molecular complexity index is 1570. The summed E-state index contributed by atoms with van der Waals surface area (Å²) in [5, 5.41) is 55.5. The molecule has 2 saturated carbocycles. The number of ether oxygens (including phenoxy) is 4. The molecule has 4 aromatic rings. The van der Waals surface area contributed by atoms with Gasteiger partial charge in [-0.3, -0.25) is 0 Å². The maximum absolute atomic E-state index is 10.3. The standard InChI is InChI=1S/2C22H30N2O4.Ti/c2*1-27-19-11-5-7-15(21(19)25)13-23-17-9-3-4-10-18(17)24-14-16-8-6-12-20(28-2)22(16)26;/h2*5-8,11-12,17-18,23-26H,3-4,9-10,13-14H2,1-2H3;/t2*17-,18-;/m11./s1. The zero-order valence-corrected chi connectivity index (χ0v) is 35.2. The fraction of sp³-hybridized carbons (Fsp3) is 0.455. The average molecular weight is 821 g/mol. The predicted octanol–water partition coefficient (Wildman–Crippen LogP) is 6.61. The first-order chi connectivity index (χ1) is 27.3. The number of phenolic OH excluding ortho intramolecular Hbond substituents is 4. The molecule has 0 saturated heterocycles. The Kier molecular flexibility index (Phi) is 18.6. The van der Waals surface area contributed by atoms with Crippen LogP contribution in [0.2, 0.25) is 0 Å². The van der Waals surface area contributed by atoms with Gasteiger partial charge in [0.1, 0.15) is 0 Å². The molecule has 308 valence electrons. The van der Waals surface area contributed by atoms with Crippen LogP contribution in [0.3, 0.4) is 0 Å². The maximum Gasteiger partial charge on any atom is 0.162 e. The smallest absolute Gasteiger partial charge is 0.162 e. The van der Waals surface area contributed by atoms with Crippen LogP contribution in [0.15, 0.2) is 72.8 Å². The molecule has 0 aromatic heterocycles. The van der Waals surface area contributed by atoms with Crippen LogP contribution in [0.5, 0.6) is 46.0 Å². The largest absolute Gasteiger partial charge is 0.504 e. The van der Waals surface area contributed by atoms with Crippen LogP contribution in [0.1, 0.15) is 73.6 Å². The van der Waals surface area contributed by atoms with E-state index in [-0.39, 0.29) is 44.7 Å². The predicted molar refractivity (Wildman–Crippen MR) is 218 cm³/mol. The molecule has 6 rings (SSSR count). The molecule has 12 nitrogen and oxygen atoms in total. The number of phenols is 4. The third-order valence-electron chi connectivity index (χ3n) is 11.0. The molecular formula is C44H60N4O8Ti. The quantitative estimate of drug-likeness (QED) is 0.0572. The second-order valence-electron chi connectivity index (χ2n) is 14.4. The molecule has 0 aliphatic heterocycles. The maximum atomic E-state index is 10.3. The summed E-state index contributed by atoms with van der Waals surface area (Å²) in [6, 6.07) is 23.4. The van der Waals surface area contributed by atoms with E-state index in [9.17, 15) is 20.4 Å². The van der Waals surface area contributed by atoms with Gasteiger partial charge >= 0.3 is 0 Å². The molecule has 0 spiro atoms. The molecule has 8 N–H and O–H groups in total. The van der Waals surface area contributed by atoms with Crippen LogP contribution < -0.4 is 40.2 Å². The molecule has 0 bridgehead atoms. The molecule has 2 fully saturated rings. The van der Waals surface area contributed by atoms with E-state index in [0.29, 0.717) is 73.3 Å². The summed E-state index contributed by atoms with van der Waals surface area (Å²) < 4.78 is 20.8. The van der Waals surface area contributed by atoms with Gasteiger partial charge in [-0.15, -0.1) is 0 Å². The van der Waals surface area contributed by atoms with E-state index in [1.807, 2.05) is 48.5 Å². The van der Waals surface area contributed by atoms with Crippen LogP contribution in [0, 0.1) is 0 Å². The topological polar surface area (TPSA) is 166 Å². The van der Waals surface area contributed by atoms with E-state index in [0.717, 1.165) is 47.9 Å². The molecule has 0 heterocycles. The zero-order valence-electron chi connectivity index (χ0n) is 33.6. The minimum atomic E-state index is 0. The molecule has 57 heavy (non-hydrogen) atoms. The molecule has 13 heteroatoms. The molecular weight excluding hydrogens is 760 g/mol. The Balaban J connectivity index is 0.000000248. The molecule has 4 atom stereocenters. The number of para-hydroxylation sites is 4. The third-order valence-corrected chi connectivity index (χ3v) is 11.0. The van der Waals surface area contributed by atoms with Crippen molar-refractivity contribution in [2.75, 3.05) is 28.4 Å². The van der Waals surface area contributed by atoms with Gasteiger partial charge < -0.3 is 60.6 Å². The number of benzene rings is 4. The summed E-state index contributed by atoms with van der Waals surface area (Å²) in [6.07, 6.45) is 9.04. The fourth-order valence-electron chi connectivity index (χ4n) is 7.70. The Morgan fingerprint density at radius 1 is 0.404 bits per heavy atom. The van der Waals surface area contributed by atoms with Crippen molar-refractivity contribution >= 4 is 0 Å². The Morgan fingerprint density at radius 3 is 0.807 bits per heavy atom. The van der Waals surface area contributed by atoms with Gasteiger partial charge in [-0.1, -0.05) is 74.2 Å². The van der Waals surface area contributed by atoms with E-state index in [2.05, 4.69) is 21.3 Å². The third kappa shape index (κ3) is 12.4. The fourth-order valence-corrected chi connectivity index (χ4v) is 7.70. The first-order valence-electron chi connectivity index (χ1n) is 19.6. The second kappa shape index (κ2) is 23.3. The van der Waals surface area contributed by atoms with Crippen molar-refractivity contribution in [1.29, 1.82) is 0 Å². The van der Waals surface area contributed by atoms with Gasteiger partial charge in [-0.2, -0.15) is 0 Å². The number of hydrogen-bond donors (Lipinski definition) is 8. The Morgan fingerprint density at radius 2 is 0.614 bits per heavy atom. The minimum absolute atomic E-state index is 0. The van der Waals surface area contributed by atoms with E-state index >= 15 is 0 Å². The van der Waals surface area contributed by atoms with Gasteiger partial charge in [-0.05, 0) is 49.9 Å². The van der Waals surface area contributed by atoms with E-state index in [1.165, 1.54) is 25.7 Å². The van der Waals surface area contributed by atoms with Gasteiger partial charge in [0, 0.05) is 94.3 Å². The molecule has 0 amide bonds. The molecule has 0 radical (unpaired) electrons. The van der Waals surface area contributed by atoms with Gasteiger partial charge in [0.15, 0.2) is 46.0 Å². The molecule has 2 aliphatic carbocycles. The number of nitrogens with one attached hydrogen (secondary N) is 4. The summed E-state index contributed by atoms with van der Waals surface area (Å²) in [4.78, 5) is 0. The van der Waals surface area contributed by atoms with Crippen molar-refractivity contribution in [3.63, 3.8) is 0 Å². The molecule has 4 aromatic carbocycles. The van der Waals surface area contributed by atoms with Gasteiger partial charge in [0.05, 0.1) is 28.4 Å². The van der Waals surface area contributed by atoms with E-state index in [4.69, 9.17) is 18.9 Å². The van der Waals surface area contributed by atoms with Crippen LogP contribution in [0.4, 0.5) is 0 Å². The summed E-state index contributed by atoms with van der Waals surface area (Å²) in [7, 11) is 6.23. The summed E-state index contributed by atoms with van der Waals surface area (Å²) in [6.45, 7) is 2.32. The normalized spacial score (nSPS) is 19.0. The second-order valence-corrected chi connectivity index (χ2v) is 14.4. The SMILES string of the molecule is COc1cccc(CN[C@@H]2CCCC[C@H]2NCc2cccc(OC)c2O)c1O.COc1cccc(CN[C@@H]2CCCC[C@H]2NCc2cccc(OC)c2O)c1O.[Ti]. The van der Waals surface area contributed by atoms with Gasteiger partial charge in [0.2, 0.25) is 0 Å². The molecule has 0 unspecified atom stereocenters. The average Bonchev–Trinajstić information content (AvgIpc) is 3.23. The molecule has 2 aliphatic rings. The van der Waals surface area contributed by atoms with Gasteiger partial charge in [0.25, 0.3) is 0 Å². The van der Waals surface area contributed by atoms with Crippen molar-refractivity contribution in [3.05, 3.63) is 95.1 Å². The van der Waals surface area contributed by atoms with Crippen molar-refractivity contribution in [3.8, 4) is 46.0 Å². The first-order valence-corrected chi connectivity index (χ1v) is 19.6. The van der Waals surface area contributed by atoms with Crippen LogP contribution in [-0.2, 0) is 47.9 Å². The number of rotatable bonds is 16.